The summed E-state index contributed by atoms with van der Waals surface area (Å²) < 4.78 is 18.3. The summed E-state index contributed by atoms with van der Waals surface area (Å²) in [5, 5.41) is 3.25. The second kappa shape index (κ2) is 4.39. The summed E-state index contributed by atoms with van der Waals surface area (Å²) >= 11 is 0. The Morgan fingerprint density at radius 2 is 2.12 bits per heavy atom. The Morgan fingerprint density at radius 1 is 1.31 bits per heavy atom. The van der Waals surface area contributed by atoms with E-state index in [1.807, 2.05) is 19.1 Å². The first-order chi connectivity index (χ1) is 7.68. The first-order valence-corrected chi connectivity index (χ1v) is 5.22. The van der Waals surface area contributed by atoms with Gasteiger partial charge in [0.25, 0.3) is 0 Å². The molecule has 1 N–H and O–H groups in total. The maximum Gasteiger partial charge on any atom is 0.128 e. The molecule has 0 aliphatic carbocycles. The number of rotatable bonds is 3. The van der Waals surface area contributed by atoms with Crippen LogP contribution in [0.25, 0.3) is 0 Å². The highest BCUT2D eigenvalue weighted by atomic mass is 19.1. The van der Waals surface area contributed by atoms with E-state index in [4.69, 9.17) is 4.42 Å². The molecule has 1 atom stereocenters. The molecule has 0 saturated heterocycles. The Morgan fingerprint density at radius 3 is 2.81 bits per heavy atom. The van der Waals surface area contributed by atoms with Gasteiger partial charge in [0.15, 0.2) is 0 Å². The van der Waals surface area contributed by atoms with Crippen LogP contribution in [0.4, 0.5) is 10.1 Å². The molecule has 0 amide bonds. The van der Waals surface area contributed by atoms with Gasteiger partial charge < -0.3 is 9.73 Å². The third-order valence-electron chi connectivity index (χ3n) is 2.68. The monoisotopic (exact) mass is 219 g/mol. The van der Waals surface area contributed by atoms with Gasteiger partial charge in [0.05, 0.1) is 18.6 Å². The van der Waals surface area contributed by atoms with Gasteiger partial charge in [0.2, 0.25) is 0 Å². The summed E-state index contributed by atoms with van der Waals surface area (Å²) in [7, 11) is 0. The smallest absolute Gasteiger partial charge is 0.128 e. The number of benzene rings is 1. The number of hydrogen-bond donors (Lipinski definition) is 1. The van der Waals surface area contributed by atoms with Gasteiger partial charge in [-0.2, -0.15) is 0 Å². The predicted octanol–water partition coefficient (Wildman–Crippen LogP) is 3.90. The number of halogens is 1. The van der Waals surface area contributed by atoms with Gasteiger partial charge in [-0.15, -0.1) is 0 Å². The van der Waals surface area contributed by atoms with E-state index in [1.165, 1.54) is 6.07 Å². The second-order valence-corrected chi connectivity index (χ2v) is 3.84. The number of furan rings is 1. The van der Waals surface area contributed by atoms with E-state index in [2.05, 4.69) is 5.32 Å². The molecule has 2 aromatic rings. The number of hydrogen-bond acceptors (Lipinski definition) is 2. The quantitative estimate of drug-likeness (QED) is 0.846. The molecule has 1 heterocycles. The maximum atomic E-state index is 13.3. The SMILES string of the molecule is Cc1c(F)cccc1NC(C)c1ccoc1. The van der Waals surface area contributed by atoms with Crippen LogP contribution in [0.5, 0.6) is 0 Å². The van der Waals surface area contributed by atoms with E-state index in [0.29, 0.717) is 5.56 Å². The molecule has 1 unspecified atom stereocenters. The molecule has 0 saturated carbocycles. The fourth-order valence-corrected chi connectivity index (χ4v) is 1.60. The van der Waals surface area contributed by atoms with Crippen LogP contribution < -0.4 is 5.32 Å². The molecule has 1 aromatic heterocycles. The van der Waals surface area contributed by atoms with Gasteiger partial charge in [-0.3, -0.25) is 0 Å². The highest BCUT2D eigenvalue weighted by Crippen LogP contribution is 2.23. The van der Waals surface area contributed by atoms with Crippen molar-refractivity contribution in [2.24, 2.45) is 0 Å². The van der Waals surface area contributed by atoms with Crippen LogP contribution in [0.3, 0.4) is 0 Å². The van der Waals surface area contributed by atoms with E-state index in [0.717, 1.165) is 11.3 Å². The van der Waals surface area contributed by atoms with Gasteiger partial charge in [0, 0.05) is 16.8 Å². The number of anilines is 1. The average molecular weight is 219 g/mol. The summed E-state index contributed by atoms with van der Waals surface area (Å²) in [4.78, 5) is 0. The molecule has 0 aliphatic rings. The van der Waals surface area contributed by atoms with Gasteiger partial charge in [-0.05, 0) is 32.0 Å². The van der Waals surface area contributed by atoms with Crippen molar-refractivity contribution in [2.45, 2.75) is 19.9 Å². The zero-order chi connectivity index (χ0) is 11.5. The summed E-state index contributed by atoms with van der Waals surface area (Å²) in [6.07, 6.45) is 3.32. The van der Waals surface area contributed by atoms with Crippen LogP contribution in [-0.4, -0.2) is 0 Å². The van der Waals surface area contributed by atoms with Gasteiger partial charge in [0.1, 0.15) is 5.82 Å². The molecule has 0 bridgehead atoms. The van der Waals surface area contributed by atoms with Crippen LogP contribution >= 0.6 is 0 Å². The largest absolute Gasteiger partial charge is 0.472 e. The van der Waals surface area contributed by atoms with Gasteiger partial charge in [-0.25, -0.2) is 4.39 Å². The van der Waals surface area contributed by atoms with Crippen LogP contribution in [0.15, 0.2) is 41.2 Å². The van der Waals surface area contributed by atoms with Crippen molar-refractivity contribution in [1.29, 1.82) is 0 Å². The molecule has 0 fully saturated rings. The van der Waals surface area contributed by atoms with Crippen LogP contribution in [0.2, 0.25) is 0 Å². The first kappa shape index (κ1) is 10.7. The fraction of sp³-hybridized carbons (Fsp3) is 0.231. The molecule has 16 heavy (non-hydrogen) atoms. The summed E-state index contributed by atoms with van der Waals surface area (Å²) in [6.45, 7) is 3.77. The zero-order valence-electron chi connectivity index (χ0n) is 9.33. The number of nitrogens with one attached hydrogen (secondary N) is 1. The van der Waals surface area contributed by atoms with Crippen molar-refractivity contribution in [1.82, 2.24) is 0 Å². The van der Waals surface area contributed by atoms with E-state index in [-0.39, 0.29) is 11.9 Å². The molecule has 2 nitrogen and oxygen atoms in total. The highest BCUT2D eigenvalue weighted by molar-refractivity contribution is 5.52. The first-order valence-electron chi connectivity index (χ1n) is 5.22. The third-order valence-corrected chi connectivity index (χ3v) is 2.68. The van der Waals surface area contributed by atoms with Crippen molar-refractivity contribution >= 4 is 5.69 Å². The topological polar surface area (TPSA) is 25.2 Å². The van der Waals surface area contributed by atoms with E-state index in [9.17, 15) is 4.39 Å². The van der Waals surface area contributed by atoms with Crippen molar-refractivity contribution in [2.75, 3.05) is 5.32 Å². The zero-order valence-corrected chi connectivity index (χ0v) is 9.33. The van der Waals surface area contributed by atoms with Gasteiger partial charge in [-0.1, -0.05) is 6.07 Å². The highest BCUT2D eigenvalue weighted by Gasteiger charge is 2.09. The molecule has 1 aromatic carbocycles. The van der Waals surface area contributed by atoms with Crippen LogP contribution in [-0.2, 0) is 0 Å². The van der Waals surface area contributed by atoms with Crippen molar-refractivity contribution in [3.05, 3.63) is 53.7 Å². The third kappa shape index (κ3) is 2.08. The lowest BCUT2D eigenvalue weighted by atomic mass is 10.1. The Hall–Kier alpha value is -1.77. The average Bonchev–Trinajstić information content (AvgIpc) is 2.78. The van der Waals surface area contributed by atoms with E-state index in [1.54, 1.807) is 25.5 Å². The second-order valence-electron chi connectivity index (χ2n) is 3.84. The lowest BCUT2D eigenvalue weighted by Gasteiger charge is -2.15. The van der Waals surface area contributed by atoms with Crippen molar-refractivity contribution in [3.8, 4) is 0 Å². The lowest BCUT2D eigenvalue weighted by molar-refractivity contribution is 0.562. The maximum absolute atomic E-state index is 13.3. The van der Waals surface area contributed by atoms with E-state index < -0.39 is 0 Å². The van der Waals surface area contributed by atoms with Crippen molar-refractivity contribution < 1.29 is 8.81 Å². The molecule has 0 spiro atoms. The minimum Gasteiger partial charge on any atom is -0.472 e. The summed E-state index contributed by atoms with van der Waals surface area (Å²) in [6, 6.07) is 7.02. The molecular weight excluding hydrogens is 205 g/mol. The Bertz CT molecular complexity index is 465. The Balaban J connectivity index is 2.18. The molecular formula is C13H14FNO. The standard InChI is InChI=1S/C13H14FNO/c1-9-12(14)4-3-5-13(9)15-10(2)11-6-7-16-8-11/h3-8,10,15H,1-2H3. The normalized spacial score (nSPS) is 12.4. The van der Waals surface area contributed by atoms with Crippen molar-refractivity contribution in [3.63, 3.8) is 0 Å². The molecule has 0 aliphatic heterocycles. The molecule has 3 heteroatoms. The molecule has 0 radical (unpaired) electrons. The van der Waals surface area contributed by atoms with Gasteiger partial charge >= 0.3 is 0 Å². The van der Waals surface area contributed by atoms with Crippen LogP contribution in [0, 0.1) is 12.7 Å². The fourth-order valence-electron chi connectivity index (χ4n) is 1.60. The van der Waals surface area contributed by atoms with Crippen LogP contribution in [0.1, 0.15) is 24.1 Å². The minimum atomic E-state index is -0.190. The lowest BCUT2D eigenvalue weighted by Crippen LogP contribution is -2.07. The predicted molar refractivity (Wildman–Crippen MR) is 61.9 cm³/mol. The molecule has 84 valence electrons. The minimum absolute atomic E-state index is 0.0965. The summed E-state index contributed by atoms with van der Waals surface area (Å²) in [5.74, 6) is -0.190. The Kier molecular flexibility index (Phi) is 2.95. The molecule has 2 rings (SSSR count). The summed E-state index contributed by atoms with van der Waals surface area (Å²) in [5.41, 5.74) is 2.50. The Labute approximate surface area is 94.1 Å². The van der Waals surface area contributed by atoms with E-state index >= 15 is 0 Å².